The Kier molecular flexibility index (Phi) is 5.19. The van der Waals surface area contributed by atoms with Gasteiger partial charge >= 0.3 is 6.03 Å². The third-order valence-electron chi connectivity index (χ3n) is 3.30. The molecular weight excluding hydrogens is 347 g/mol. The molecule has 2 radical (unpaired) electrons. The number of nitrogens with zero attached hydrogens (tertiary/aromatic N) is 2. The van der Waals surface area contributed by atoms with Crippen LogP contribution in [0.25, 0.3) is 11.3 Å². The van der Waals surface area contributed by atoms with Crippen molar-refractivity contribution in [2.75, 3.05) is 11.1 Å². The van der Waals surface area contributed by atoms with Gasteiger partial charge in [-0.2, -0.15) is 4.99 Å². The molecule has 26 heavy (non-hydrogen) atoms. The van der Waals surface area contributed by atoms with Crippen LogP contribution in [0.3, 0.4) is 0 Å². The van der Waals surface area contributed by atoms with Crippen LogP contribution in [-0.2, 0) is 0 Å². The summed E-state index contributed by atoms with van der Waals surface area (Å²) in [5.41, 5.74) is 15.0. The van der Waals surface area contributed by atoms with E-state index in [4.69, 9.17) is 19.3 Å². The number of nitrogens with one attached hydrogen (secondary N) is 2. The number of aromatic nitrogens is 1. The highest BCUT2D eigenvalue weighted by molar-refractivity contribution is 7.13. The quantitative estimate of drug-likeness (QED) is 0.246. The summed E-state index contributed by atoms with van der Waals surface area (Å²) in [4.78, 5) is 20.4. The number of guanidine groups is 1. The number of carbonyl (C=O) groups excluding carboxylic acids is 1. The third kappa shape index (κ3) is 4.61. The predicted molar refractivity (Wildman–Crippen MR) is 107 cm³/mol. The van der Waals surface area contributed by atoms with Gasteiger partial charge in [0.15, 0.2) is 0 Å². The molecule has 3 aromatic rings. The molecule has 0 saturated carbocycles. The van der Waals surface area contributed by atoms with Gasteiger partial charge < -0.3 is 16.8 Å². The van der Waals surface area contributed by atoms with Crippen molar-refractivity contribution < 1.29 is 4.79 Å². The third-order valence-corrected chi connectivity index (χ3v) is 4.04. The normalized spacial score (nSPS) is 11.2. The Bertz CT molecular complexity index is 954. The molecule has 0 bridgehead atoms. The average Bonchev–Trinajstić information content (AvgIpc) is 3.05. The standard InChI is InChI=1S/C17H15BN6OS/c18-11-4-6-13(7-5-11)21-16(25)23-15(20)24-17-22-14(9-26-17)10-2-1-3-12(19)8-10/h1-9H,19H2,(H4,20,21,22,23,24,25). The number of aliphatic imine (C=N–C) groups is 1. The zero-order chi connectivity index (χ0) is 18.5. The van der Waals surface area contributed by atoms with Gasteiger partial charge in [0.1, 0.15) is 7.85 Å². The van der Waals surface area contributed by atoms with Gasteiger partial charge in [-0.3, -0.25) is 5.32 Å². The van der Waals surface area contributed by atoms with Crippen molar-refractivity contribution >= 4 is 53.1 Å². The minimum Gasteiger partial charge on any atom is -0.399 e. The van der Waals surface area contributed by atoms with E-state index in [2.05, 4.69) is 20.6 Å². The molecule has 0 aliphatic rings. The first kappa shape index (κ1) is 17.5. The fourth-order valence-electron chi connectivity index (χ4n) is 2.12. The van der Waals surface area contributed by atoms with Gasteiger partial charge in [-0.25, -0.2) is 9.78 Å². The van der Waals surface area contributed by atoms with E-state index in [0.29, 0.717) is 22.0 Å². The monoisotopic (exact) mass is 362 g/mol. The molecule has 0 atom stereocenters. The maximum atomic E-state index is 11.9. The Labute approximate surface area is 155 Å². The lowest BCUT2D eigenvalue weighted by Crippen LogP contribution is -2.39. The summed E-state index contributed by atoms with van der Waals surface area (Å²) in [5.74, 6) is -0.0635. The zero-order valence-corrected chi connectivity index (χ0v) is 14.5. The smallest absolute Gasteiger partial charge is 0.325 e. The molecule has 3 rings (SSSR count). The van der Waals surface area contributed by atoms with Gasteiger partial charge in [0.05, 0.1) is 5.69 Å². The molecule has 0 saturated heterocycles. The van der Waals surface area contributed by atoms with Crippen LogP contribution in [0, 0.1) is 0 Å². The van der Waals surface area contributed by atoms with Crippen molar-refractivity contribution in [3.8, 4) is 11.3 Å². The van der Waals surface area contributed by atoms with E-state index in [9.17, 15) is 4.79 Å². The number of benzene rings is 2. The first-order chi connectivity index (χ1) is 12.5. The second-order valence-corrected chi connectivity index (χ2v) is 6.18. The van der Waals surface area contributed by atoms with E-state index in [-0.39, 0.29) is 5.96 Å². The highest BCUT2D eigenvalue weighted by atomic mass is 32.1. The second-order valence-electron chi connectivity index (χ2n) is 5.34. The van der Waals surface area contributed by atoms with Crippen molar-refractivity contribution in [1.29, 1.82) is 0 Å². The molecule has 128 valence electrons. The van der Waals surface area contributed by atoms with Crippen molar-refractivity contribution in [2.24, 2.45) is 10.7 Å². The van der Waals surface area contributed by atoms with Crippen LogP contribution in [0.1, 0.15) is 0 Å². The van der Waals surface area contributed by atoms with E-state index >= 15 is 0 Å². The molecule has 0 aliphatic heterocycles. The molecule has 0 unspecified atom stereocenters. The van der Waals surface area contributed by atoms with Gasteiger partial charge in [-0.15, -0.1) is 11.3 Å². The van der Waals surface area contributed by atoms with Crippen LogP contribution < -0.4 is 27.6 Å². The van der Waals surface area contributed by atoms with Crippen molar-refractivity contribution in [3.63, 3.8) is 0 Å². The lowest BCUT2D eigenvalue weighted by molar-refractivity contribution is 0.256. The van der Waals surface area contributed by atoms with Crippen LogP contribution in [0.15, 0.2) is 58.9 Å². The van der Waals surface area contributed by atoms with E-state index in [1.165, 1.54) is 11.3 Å². The molecule has 9 heteroatoms. The largest absolute Gasteiger partial charge is 0.399 e. The average molecular weight is 362 g/mol. The molecular formula is C17H15BN6OS. The molecule has 2 aromatic carbocycles. The summed E-state index contributed by atoms with van der Waals surface area (Å²) in [7, 11) is 5.60. The summed E-state index contributed by atoms with van der Waals surface area (Å²) >= 11 is 1.31. The highest BCUT2D eigenvalue weighted by Crippen LogP contribution is 2.27. The number of hydrogen-bond acceptors (Lipinski definition) is 5. The molecule has 0 aliphatic carbocycles. The molecule has 2 amide bonds. The number of nitrogen functional groups attached to an aromatic ring is 1. The minimum absolute atomic E-state index is 0.0635. The van der Waals surface area contributed by atoms with Crippen molar-refractivity contribution in [2.45, 2.75) is 0 Å². The summed E-state index contributed by atoms with van der Waals surface area (Å²) in [6.45, 7) is 0. The molecule has 0 fully saturated rings. The number of rotatable bonds is 3. The van der Waals surface area contributed by atoms with E-state index in [1.807, 2.05) is 23.6 Å². The summed E-state index contributed by atoms with van der Waals surface area (Å²) in [5, 5.41) is 7.33. The topological polar surface area (TPSA) is 118 Å². The van der Waals surface area contributed by atoms with Crippen molar-refractivity contribution in [3.05, 3.63) is 53.9 Å². The first-order valence-electron chi connectivity index (χ1n) is 7.59. The van der Waals surface area contributed by atoms with Gasteiger partial charge in [-0.05, 0) is 24.3 Å². The number of hydrogen-bond donors (Lipinski definition) is 4. The first-order valence-corrected chi connectivity index (χ1v) is 8.47. The lowest BCUT2D eigenvalue weighted by atomic mass is 9.96. The number of urea groups is 1. The molecule has 6 N–H and O–H groups in total. The maximum Gasteiger partial charge on any atom is 0.325 e. The highest BCUT2D eigenvalue weighted by Gasteiger charge is 2.07. The van der Waals surface area contributed by atoms with Gasteiger partial charge in [0.25, 0.3) is 0 Å². The Morgan fingerprint density at radius 3 is 2.69 bits per heavy atom. The molecule has 7 nitrogen and oxygen atoms in total. The van der Waals surface area contributed by atoms with E-state index in [0.717, 1.165) is 11.3 Å². The Hall–Kier alpha value is -3.33. The second kappa shape index (κ2) is 7.71. The number of anilines is 2. The number of amides is 2. The van der Waals surface area contributed by atoms with Gasteiger partial charge in [-0.1, -0.05) is 29.7 Å². The van der Waals surface area contributed by atoms with Crippen molar-refractivity contribution in [1.82, 2.24) is 10.3 Å². The van der Waals surface area contributed by atoms with Crippen LogP contribution in [0.4, 0.5) is 21.3 Å². The number of carbonyl (C=O) groups is 1. The summed E-state index contributed by atoms with van der Waals surface area (Å²) in [6.07, 6.45) is 0. The molecule has 0 spiro atoms. The van der Waals surface area contributed by atoms with Gasteiger partial charge in [0.2, 0.25) is 11.1 Å². The van der Waals surface area contributed by atoms with Crippen LogP contribution >= 0.6 is 11.3 Å². The van der Waals surface area contributed by atoms with Crippen LogP contribution in [0.2, 0.25) is 0 Å². The maximum absolute atomic E-state index is 11.9. The SMILES string of the molecule is [B]c1ccc(NC(=O)N/C(N)=N/c2nc(-c3cccc(N)c3)cs2)cc1. The van der Waals surface area contributed by atoms with E-state index < -0.39 is 6.03 Å². The predicted octanol–water partition coefficient (Wildman–Crippen LogP) is 1.95. The minimum atomic E-state index is -0.511. The summed E-state index contributed by atoms with van der Waals surface area (Å²) < 4.78 is 0. The molecule has 1 heterocycles. The Morgan fingerprint density at radius 1 is 1.19 bits per heavy atom. The fourth-order valence-corrected chi connectivity index (χ4v) is 2.83. The van der Waals surface area contributed by atoms with E-state index in [1.54, 1.807) is 30.3 Å². The lowest BCUT2D eigenvalue weighted by Gasteiger charge is -2.06. The Balaban J connectivity index is 1.64. The van der Waals surface area contributed by atoms with Crippen LogP contribution in [0.5, 0.6) is 0 Å². The molecule has 1 aromatic heterocycles. The Morgan fingerprint density at radius 2 is 1.96 bits per heavy atom. The summed E-state index contributed by atoms with van der Waals surface area (Å²) in [6, 6.07) is 13.6. The number of nitrogens with two attached hydrogens (primary N) is 2. The fraction of sp³-hybridized carbons (Fsp3) is 0. The number of thiazole rings is 1. The zero-order valence-electron chi connectivity index (χ0n) is 13.6. The van der Waals surface area contributed by atoms with Crippen LogP contribution in [-0.4, -0.2) is 24.8 Å². The van der Waals surface area contributed by atoms with Gasteiger partial charge in [0, 0.05) is 22.3 Å².